The Morgan fingerprint density at radius 1 is 1.07 bits per heavy atom. The van der Waals surface area contributed by atoms with Gasteiger partial charge in [0.2, 0.25) is 28.7 Å². The summed E-state index contributed by atoms with van der Waals surface area (Å²) in [7, 11) is 0. The molecule has 8 N–H and O–H groups in total. The van der Waals surface area contributed by atoms with Gasteiger partial charge in [-0.3, -0.25) is 19.7 Å². The molecule has 2 unspecified atom stereocenters. The molecule has 0 aliphatic heterocycles. The van der Waals surface area contributed by atoms with Gasteiger partial charge in [-0.1, -0.05) is 73.7 Å². The van der Waals surface area contributed by atoms with Crippen LogP contribution in [0.5, 0.6) is 0 Å². The zero-order valence-electron chi connectivity index (χ0n) is 25.3. The average Bonchev–Trinajstić information content (AvgIpc) is 3.41. The summed E-state index contributed by atoms with van der Waals surface area (Å²) in [6.07, 6.45) is 14.1. The number of carbonyl (C=O) groups is 3. The first kappa shape index (κ1) is 33.4. The van der Waals surface area contributed by atoms with Crippen LogP contribution in [-0.2, 0) is 27.2 Å². The maximum atomic E-state index is 12.6. The van der Waals surface area contributed by atoms with Crippen LogP contribution in [0.2, 0.25) is 0 Å². The highest BCUT2D eigenvalue weighted by Gasteiger charge is 2.21. The minimum Gasteiger partial charge on any atom is -0.402 e. The van der Waals surface area contributed by atoms with Crippen LogP contribution in [0.3, 0.4) is 0 Å². The van der Waals surface area contributed by atoms with Crippen molar-refractivity contribution >= 4 is 34.2 Å². The number of benzene rings is 1. The number of nitrogens with two attached hydrogens (primary N) is 1. The summed E-state index contributed by atoms with van der Waals surface area (Å²) in [6, 6.07) is 9.55. The van der Waals surface area contributed by atoms with Gasteiger partial charge in [-0.15, -0.1) is 10.2 Å². The predicted octanol–water partition coefficient (Wildman–Crippen LogP) is 3.53. The molecule has 0 saturated heterocycles. The van der Waals surface area contributed by atoms with Crippen molar-refractivity contribution in [3.05, 3.63) is 88.4 Å². The Hall–Kier alpha value is -4.09. The zero-order valence-corrected chi connectivity index (χ0v) is 26.1. The SMILES string of the molecule is CC(C)C(=O)NC(C)C1C=C(CC(=O)N/C([NH3+])=C/C=C(\N)CCCCc2nnc(NC(=O)Cc3ccccc3)s2)C=CC1. The Morgan fingerprint density at radius 2 is 1.84 bits per heavy atom. The number of rotatable bonds is 15. The number of hydrogen-bond donors (Lipinski definition) is 5. The number of aryl methyl sites for hydroxylation is 1. The number of aromatic nitrogens is 2. The summed E-state index contributed by atoms with van der Waals surface area (Å²) in [4.78, 5) is 36.8. The summed E-state index contributed by atoms with van der Waals surface area (Å²) in [5.74, 6) is 0.308. The maximum absolute atomic E-state index is 12.6. The van der Waals surface area contributed by atoms with E-state index in [4.69, 9.17) is 5.73 Å². The quantitative estimate of drug-likeness (QED) is 0.154. The minimum atomic E-state index is -0.156. The smallest absolute Gasteiger partial charge is 0.232 e. The van der Waals surface area contributed by atoms with Crippen LogP contribution >= 0.6 is 11.3 Å². The molecule has 10 nitrogen and oxygen atoms in total. The summed E-state index contributed by atoms with van der Waals surface area (Å²) < 4.78 is 0. The first-order valence-corrected chi connectivity index (χ1v) is 15.5. The van der Waals surface area contributed by atoms with Crippen molar-refractivity contribution in [2.75, 3.05) is 5.32 Å². The molecule has 0 saturated carbocycles. The summed E-state index contributed by atoms with van der Waals surface area (Å²) in [5, 5.41) is 18.3. The molecule has 0 fully saturated rings. The van der Waals surface area contributed by atoms with Crippen LogP contribution in [0, 0.1) is 11.8 Å². The van der Waals surface area contributed by atoms with E-state index in [1.165, 1.54) is 11.3 Å². The lowest BCUT2D eigenvalue weighted by Gasteiger charge is -2.25. The van der Waals surface area contributed by atoms with Crippen LogP contribution in [-0.4, -0.2) is 34.0 Å². The molecule has 0 bridgehead atoms. The van der Waals surface area contributed by atoms with E-state index in [9.17, 15) is 14.4 Å². The van der Waals surface area contributed by atoms with Gasteiger partial charge in [0.25, 0.3) is 0 Å². The van der Waals surface area contributed by atoms with Gasteiger partial charge in [0.15, 0.2) is 0 Å². The van der Waals surface area contributed by atoms with Gasteiger partial charge in [0.05, 0.1) is 12.8 Å². The highest BCUT2D eigenvalue weighted by atomic mass is 32.1. The molecule has 0 radical (unpaired) electrons. The average molecular weight is 607 g/mol. The van der Waals surface area contributed by atoms with Crippen LogP contribution in [0.15, 0.2) is 77.8 Å². The van der Waals surface area contributed by atoms with Gasteiger partial charge < -0.3 is 22.1 Å². The second-order valence-corrected chi connectivity index (χ2v) is 12.1. The molecule has 1 heterocycles. The van der Waals surface area contributed by atoms with Gasteiger partial charge in [-0.2, -0.15) is 0 Å². The van der Waals surface area contributed by atoms with E-state index in [1.807, 2.05) is 63.3 Å². The van der Waals surface area contributed by atoms with Crippen molar-refractivity contribution in [2.24, 2.45) is 17.6 Å². The van der Waals surface area contributed by atoms with Crippen LogP contribution in [0.25, 0.3) is 0 Å². The molecule has 43 heavy (non-hydrogen) atoms. The molecule has 1 aromatic carbocycles. The summed E-state index contributed by atoms with van der Waals surface area (Å²) in [6.45, 7) is 5.74. The summed E-state index contributed by atoms with van der Waals surface area (Å²) in [5.41, 5.74) is 12.6. The van der Waals surface area contributed by atoms with Crippen LogP contribution in [0.1, 0.15) is 63.4 Å². The van der Waals surface area contributed by atoms with Crippen molar-refractivity contribution in [1.82, 2.24) is 20.8 Å². The third kappa shape index (κ3) is 12.4. The number of quaternary nitrogens is 1. The molecule has 0 spiro atoms. The Labute approximate surface area is 257 Å². The monoisotopic (exact) mass is 606 g/mol. The van der Waals surface area contributed by atoms with Crippen molar-refractivity contribution in [2.45, 2.75) is 71.8 Å². The van der Waals surface area contributed by atoms with Gasteiger partial charge in [0.1, 0.15) is 5.01 Å². The largest absolute Gasteiger partial charge is 0.402 e. The minimum absolute atomic E-state index is 0.0112. The van der Waals surface area contributed by atoms with E-state index < -0.39 is 0 Å². The van der Waals surface area contributed by atoms with Crippen molar-refractivity contribution in [3.8, 4) is 0 Å². The van der Waals surface area contributed by atoms with Gasteiger partial charge >= 0.3 is 0 Å². The molecule has 1 aliphatic rings. The van der Waals surface area contributed by atoms with Crippen molar-refractivity contribution < 1.29 is 20.1 Å². The fraction of sp³-hybridized carbons (Fsp3) is 0.406. The second-order valence-electron chi connectivity index (χ2n) is 11.1. The molecular weight excluding hydrogens is 562 g/mol. The number of nitrogens with zero attached hydrogens (tertiary/aromatic N) is 2. The number of hydrogen-bond acceptors (Lipinski definition) is 7. The fourth-order valence-corrected chi connectivity index (χ4v) is 5.23. The molecule has 2 aromatic rings. The fourth-order valence-electron chi connectivity index (χ4n) is 4.44. The van der Waals surface area contributed by atoms with Gasteiger partial charge in [0, 0.05) is 36.1 Å². The Kier molecular flexibility index (Phi) is 13.3. The Bertz CT molecular complexity index is 1360. The van der Waals surface area contributed by atoms with E-state index in [-0.39, 0.29) is 42.0 Å². The lowest BCUT2D eigenvalue weighted by Crippen LogP contribution is -2.55. The number of unbranched alkanes of at least 4 members (excludes halogenated alkanes) is 1. The predicted molar refractivity (Wildman–Crippen MR) is 170 cm³/mol. The maximum Gasteiger partial charge on any atom is 0.232 e. The molecule has 230 valence electrons. The molecule has 3 amide bonds. The van der Waals surface area contributed by atoms with E-state index in [0.29, 0.717) is 29.5 Å². The van der Waals surface area contributed by atoms with Crippen LogP contribution < -0.4 is 27.4 Å². The summed E-state index contributed by atoms with van der Waals surface area (Å²) >= 11 is 1.38. The van der Waals surface area contributed by atoms with E-state index in [1.54, 1.807) is 12.2 Å². The number of allylic oxidation sites excluding steroid dienone is 5. The lowest BCUT2D eigenvalue weighted by atomic mass is 9.89. The van der Waals surface area contributed by atoms with Gasteiger partial charge in [-0.25, -0.2) is 0 Å². The third-order valence-corrected chi connectivity index (χ3v) is 7.79. The number of carbonyl (C=O) groups excluding carboxylic acids is 3. The highest BCUT2D eigenvalue weighted by molar-refractivity contribution is 7.15. The number of amides is 3. The normalized spacial score (nSPS) is 16.0. The molecule has 1 aromatic heterocycles. The van der Waals surface area contributed by atoms with E-state index >= 15 is 0 Å². The standard InChI is InChI=1S/C32H43N7O3S/c1-21(2)31(42)35-22(3)25-13-9-12-24(18-25)20-28(40)36-27(34)17-16-26(33)14-7-8-15-30-38-39-32(43-30)37-29(41)19-23-10-5-4-6-11-23/h4-6,9-12,16-18,21-22,25H,7-8,13-15,19-20,33-34H2,1-3H3,(H,35,42)(H,36,40)(H,37,39,41)/p+1/b26-16-,27-17+. The zero-order chi connectivity index (χ0) is 31.2. The molecular formula is C32H44N7O3S+. The van der Waals surface area contributed by atoms with Gasteiger partial charge in [-0.05, 0) is 49.8 Å². The first-order valence-electron chi connectivity index (χ1n) is 14.7. The topological polar surface area (TPSA) is 167 Å². The number of anilines is 1. The first-order chi connectivity index (χ1) is 20.6. The third-order valence-electron chi connectivity index (χ3n) is 6.89. The molecule has 1 aliphatic carbocycles. The van der Waals surface area contributed by atoms with Crippen molar-refractivity contribution in [3.63, 3.8) is 0 Å². The van der Waals surface area contributed by atoms with Crippen molar-refractivity contribution in [1.29, 1.82) is 0 Å². The van der Waals surface area contributed by atoms with E-state index in [0.717, 1.165) is 41.8 Å². The Morgan fingerprint density at radius 3 is 2.58 bits per heavy atom. The lowest BCUT2D eigenvalue weighted by molar-refractivity contribution is -0.310. The molecule has 3 rings (SSSR count). The molecule has 11 heteroatoms. The molecule has 2 atom stereocenters. The second kappa shape index (κ2) is 17.1. The highest BCUT2D eigenvalue weighted by Crippen LogP contribution is 2.22. The number of nitrogens with one attached hydrogen (secondary N) is 3. The van der Waals surface area contributed by atoms with Crippen LogP contribution in [0.4, 0.5) is 5.13 Å². The van der Waals surface area contributed by atoms with E-state index in [2.05, 4.69) is 38.0 Å². The Balaban J connectivity index is 1.35.